The number of hydrogen-bond acceptors (Lipinski definition) is 3. The monoisotopic (exact) mass is 338 g/mol. The Labute approximate surface area is 147 Å². The van der Waals surface area contributed by atoms with Crippen LogP contribution in [0.4, 0.5) is 4.79 Å². The summed E-state index contributed by atoms with van der Waals surface area (Å²) < 4.78 is 0. The van der Waals surface area contributed by atoms with Crippen LogP contribution in [0, 0.1) is 17.8 Å². The minimum atomic E-state index is -0.915. The largest absolute Gasteiger partial charge is 0.325 e. The van der Waals surface area contributed by atoms with Gasteiger partial charge in [-0.1, -0.05) is 42.5 Å². The molecule has 0 radical (unpaired) electrons. The first kappa shape index (κ1) is 16.1. The molecule has 3 aliphatic carbocycles. The van der Waals surface area contributed by atoms with Crippen molar-refractivity contribution in [3.8, 4) is 0 Å². The molecule has 5 heteroatoms. The van der Waals surface area contributed by atoms with Crippen LogP contribution in [0.3, 0.4) is 0 Å². The van der Waals surface area contributed by atoms with Crippen LogP contribution < -0.4 is 5.32 Å². The molecule has 3 amide bonds. The summed E-state index contributed by atoms with van der Waals surface area (Å²) in [6.45, 7) is 1.61. The van der Waals surface area contributed by atoms with Gasteiger partial charge in [-0.05, 0) is 43.9 Å². The van der Waals surface area contributed by atoms with Gasteiger partial charge in [-0.15, -0.1) is 0 Å². The summed E-state index contributed by atoms with van der Waals surface area (Å²) in [5.41, 5.74) is -0.404. The first-order valence-electron chi connectivity index (χ1n) is 8.90. The number of benzene rings is 1. The summed E-state index contributed by atoms with van der Waals surface area (Å²) in [6, 6.07) is 8.31. The van der Waals surface area contributed by atoms with E-state index in [1.165, 1.54) is 0 Å². The average molecular weight is 338 g/mol. The number of carbonyl (C=O) groups is 3. The molecule has 25 heavy (non-hydrogen) atoms. The highest BCUT2D eigenvalue weighted by Gasteiger charge is 2.56. The fraction of sp³-hybridized carbons (Fsp3) is 0.450. The summed E-state index contributed by atoms with van der Waals surface area (Å²) in [6.07, 6.45) is 7.58. The van der Waals surface area contributed by atoms with Crippen LogP contribution >= 0.6 is 0 Å². The lowest BCUT2D eigenvalue weighted by Gasteiger charge is -2.44. The van der Waals surface area contributed by atoms with Crippen LogP contribution in [0.1, 0.15) is 36.5 Å². The maximum atomic E-state index is 13.0. The summed E-state index contributed by atoms with van der Waals surface area (Å²) >= 11 is 0. The van der Waals surface area contributed by atoms with Crippen molar-refractivity contribution in [2.45, 2.75) is 31.7 Å². The van der Waals surface area contributed by atoms with E-state index in [1.54, 1.807) is 24.3 Å². The quantitative estimate of drug-likeness (QED) is 0.521. The van der Waals surface area contributed by atoms with E-state index < -0.39 is 11.6 Å². The van der Waals surface area contributed by atoms with Crippen LogP contribution in [-0.2, 0) is 4.79 Å². The number of fused-ring (bicyclic) bond motifs is 2. The van der Waals surface area contributed by atoms with Gasteiger partial charge in [0.15, 0.2) is 5.78 Å². The molecule has 4 atom stereocenters. The second-order valence-corrected chi connectivity index (χ2v) is 7.54. The van der Waals surface area contributed by atoms with Crippen LogP contribution in [-0.4, -0.2) is 34.7 Å². The smallest absolute Gasteiger partial charge is 0.323 e. The van der Waals surface area contributed by atoms with E-state index in [-0.39, 0.29) is 24.2 Å². The van der Waals surface area contributed by atoms with Gasteiger partial charge in [0.05, 0.1) is 6.54 Å². The summed E-state index contributed by atoms with van der Waals surface area (Å²) in [4.78, 5) is 39.0. The Morgan fingerprint density at radius 2 is 1.96 bits per heavy atom. The number of nitrogens with zero attached hydrogens (tertiary/aromatic N) is 1. The van der Waals surface area contributed by atoms with Gasteiger partial charge >= 0.3 is 6.03 Å². The molecule has 5 rings (SSSR count). The molecule has 0 spiro atoms. The Balaban J connectivity index is 1.54. The maximum absolute atomic E-state index is 13.0. The third kappa shape index (κ3) is 2.58. The molecule has 1 saturated carbocycles. The van der Waals surface area contributed by atoms with Crippen LogP contribution in [0.15, 0.2) is 42.5 Å². The number of amides is 3. The predicted octanol–water partition coefficient (Wildman–Crippen LogP) is 2.78. The van der Waals surface area contributed by atoms with E-state index in [0.717, 1.165) is 24.2 Å². The lowest BCUT2D eigenvalue weighted by Crippen LogP contribution is -2.55. The maximum Gasteiger partial charge on any atom is 0.325 e. The lowest BCUT2D eigenvalue weighted by atomic mass is 9.62. The number of nitrogens with one attached hydrogen (secondary N) is 1. The first-order valence-corrected chi connectivity index (χ1v) is 8.90. The molecule has 4 aliphatic rings. The number of hydrogen-bond donors (Lipinski definition) is 1. The molecule has 2 bridgehead atoms. The topological polar surface area (TPSA) is 66.5 Å². The zero-order valence-corrected chi connectivity index (χ0v) is 14.3. The number of allylic oxidation sites excluding steroid dienone is 2. The second-order valence-electron chi connectivity index (χ2n) is 7.54. The van der Waals surface area contributed by atoms with Gasteiger partial charge in [0.25, 0.3) is 5.91 Å². The molecule has 1 unspecified atom stereocenters. The van der Waals surface area contributed by atoms with Crippen molar-refractivity contribution in [1.82, 2.24) is 10.2 Å². The van der Waals surface area contributed by atoms with Gasteiger partial charge in [-0.25, -0.2) is 4.79 Å². The van der Waals surface area contributed by atoms with Crippen molar-refractivity contribution >= 4 is 17.7 Å². The minimum Gasteiger partial charge on any atom is -0.323 e. The number of carbonyl (C=O) groups excluding carboxylic acids is 3. The highest BCUT2D eigenvalue weighted by molar-refractivity contribution is 6.11. The molecule has 2 fully saturated rings. The Hall–Kier alpha value is -2.43. The molecule has 1 saturated heterocycles. The number of ketones is 1. The molecule has 130 valence electrons. The third-order valence-electron chi connectivity index (χ3n) is 6.02. The van der Waals surface area contributed by atoms with Crippen molar-refractivity contribution in [1.29, 1.82) is 0 Å². The van der Waals surface area contributed by atoms with E-state index in [1.807, 2.05) is 13.0 Å². The van der Waals surface area contributed by atoms with E-state index in [2.05, 4.69) is 17.5 Å². The van der Waals surface area contributed by atoms with E-state index in [9.17, 15) is 14.4 Å². The van der Waals surface area contributed by atoms with Gasteiger partial charge in [0.2, 0.25) is 0 Å². The highest BCUT2D eigenvalue weighted by atomic mass is 16.2. The van der Waals surface area contributed by atoms with Gasteiger partial charge < -0.3 is 5.32 Å². The fourth-order valence-electron chi connectivity index (χ4n) is 4.56. The minimum absolute atomic E-state index is 0.101. The Kier molecular flexibility index (Phi) is 3.74. The first-order chi connectivity index (χ1) is 12.0. The normalized spacial score (nSPS) is 33.6. The molecule has 1 heterocycles. The Morgan fingerprint density at radius 1 is 1.20 bits per heavy atom. The van der Waals surface area contributed by atoms with Gasteiger partial charge in [-0.2, -0.15) is 0 Å². The van der Waals surface area contributed by atoms with E-state index in [4.69, 9.17) is 0 Å². The standard InChI is InChI=1S/C20H22N2O3/c1-20(16-11-13-7-9-14(16)10-8-13)18(24)22(19(25)21-20)12-17(23)15-5-3-2-4-6-15/h2-7,9,13-14,16H,8,10-12H2,1H3,(H,21,25)/t13-,14+,16-,20?/m0/s1. The van der Waals surface area contributed by atoms with Crippen molar-refractivity contribution in [2.24, 2.45) is 17.8 Å². The van der Waals surface area contributed by atoms with Gasteiger partial charge in [0, 0.05) is 5.56 Å². The summed E-state index contributed by atoms with van der Waals surface area (Å²) in [7, 11) is 0. The zero-order chi connectivity index (χ0) is 17.6. The molecule has 1 N–H and O–H groups in total. The summed E-state index contributed by atoms with van der Waals surface area (Å²) in [5.74, 6) is 0.427. The van der Waals surface area contributed by atoms with Gasteiger partial charge in [-0.3, -0.25) is 14.5 Å². The van der Waals surface area contributed by atoms with E-state index >= 15 is 0 Å². The van der Waals surface area contributed by atoms with Crippen molar-refractivity contribution in [3.63, 3.8) is 0 Å². The molecular weight excluding hydrogens is 316 g/mol. The van der Waals surface area contributed by atoms with Crippen LogP contribution in [0.2, 0.25) is 0 Å². The number of rotatable bonds is 4. The van der Waals surface area contributed by atoms with Crippen LogP contribution in [0.5, 0.6) is 0 Å². The van der Waals surface area contributed by atoms with Crippen molar-refractivity contribution in [2.75, 3.05) is 6.54 Å². The Bertz CT molecular complexity index is 757. The molecule has 0 aromatic heterocycles. The molecule has 1 aromatic rings. The summed E-state index contributed by atoms with van der Waals surface area (Å²) in [5, 5.41) is 2.89. The van der Waals surface area contributed by atoms with Crippen LogP contribution in [0.25, 0.3) is 0 Å². The number of urea groups is 1. The Morgan fingerprint density at radius 3 is 2.56 bits per heavy atom. The highest BCUT2D eigenvalue weighted by Crippen LogP contribution is 2.46. The zero-order valence-electron chi connectivity index (χ0n) is 14.3. The van der Waals surface area contributed by atoms with Crippen molar-refractivity contribution < 1.29 is 14.4 Å². The molecule has 5 nitrogen and oxygen atoms in total. The molecule has 1 aromatic carbocycles. The van der Waals surface area contributed by atoms with Gasteiger partial charge in [0.1, 0.15) is 5.54 Å². The number of imide groups is 1. The average Bonchev–Trinajstić information content (AvgIpc) is 2.87. The second kappa shape index (κ2) is 5.83. The van der Waals surface area contributed by atoms with E-state index in [0.29, 0.717) is 17.4 Å². The molecular formula is C20H22N2O3. The number of Topliss-reactive ketones (excluding diaryl/α,β-unsaturated/α-hetero) is 1. The lowest BCUT2D eigenvalue weighted by molar-refractivity contribution is -0.133. The predicted molar refractivity (Wildman–Crippen MR) is 92.9 cm³/mol. The molecule has 1 aliphatic heterocycles. The third-order valence-corrected chi connectivity index (χ3v) is 6.02. The van der Waals surface area contributed by atoms with Crippen molar-refractivity contribution in [3.05, 3.63) is 48.0 Å². The fourth-order valence-corrected chi connectivity index (χ4v) is 4.56. The SMILES string of the molecule is CC1([C@H]2C[C@H]3C=C[C@@H]2CC3)NC(=O)N(CC(=O)c2ccccc2)C1=O.